The van der Waals surface area contributed by atoms with Gasteiger partial charge < -0.3 is 9.80 Å². The van der Waals surface area contributed by atoms with Crippen molar-refractivity contribution in [3.05, 3.63) is 0 Å². The summed E-state index contributed by atoms with van der Waals surface area (Å²) in [5.41, 5.74) is 0. The van der Waals surface area contributed by atoms with Gasteiger partial charge in [0.1, 0.15) is 12.1 Å². The maximum Gasteiger partial charge on any atom is 0.246 e. The summed E-state index contributed by atoms with van der Waals surface area (Å²) in [5, 5.41) is 0. The molecule has 2 unspecified atom stereocenters. The minimum atomic E-state index is -0.253. The van der Waals surface area contributed by atoms with E-state index in [2.05, 4.69) is 20.1 Å². The number of carbonyl (C=O) groups is 2. The molecule has 3 rings (SSSR count). The van der Waals surface area contributed by atoms with Crippen LogP contribution in [0.3, 0.4) is 0 Å². The maximum atomic E-state index is 13.0. The molecule has 0 radical (unpaired) electrons. The van der Waals surface area contributed by atoms with Gasteiger partial charge in [-0.05, 0) is 44.3 Å². The summed E-state index contributed by atoms with van der Waals surface area (Å²) in [5.74, 6) is 0.571. The van der Waals surface area contributed by atoms with Gasteiger partial charge in [-0.25, -0.2) is 0 Å². The second-order valence-electron chi connectivity index (χ2n) is 7.09. The number of hydrogen-bond donors (Lipinski definition) is 0. The fraction of sp³-hybridized carbons (Fsp3) is 0.875. The quantitative estimate of drug-likeness (QED) is 0.799. The van der Waals surface area contributed by atoms with Crippen LogP contribution in [0.15, 0.2) is 0 Å². The molecule has 118 valence electrons. The van der Waals surface area contributed by atoms with E-state index in [0.29, 0.717) is 0 Å². The van der Waals surface area contributed by atoms with E-state index in [4.69, 9.17) is 0 Å². The van der Waals surface area contributed by atoms with Crippen molar-refractivity contribution >= 4 is 23.6 Å². The zero-order chi connectivity index (χ0) is 15.2. The molecule has 2 heterocycles. The van der Waals surface area contributed by atoms with Gasteiger partial charge in [0.15, 0.2) is 0 Å². The molecular formula is C16H26N2O2S. The Morgan fingerprint density at radius 3 is 2.52 bits per heavy atom. The summed E-state index contributed by atoms with van der Waals surface area (Å²) in [6.07, 6.45) is 7.42. The van der Waals surface area contributed by atoms with Gasteiger partial charge in [0.05, 0.1) is 0 Å². The van der Waals surface area contributed by atoms with Crippen molar-refractivity contribution in [3.8, 4) is 0 Å². The van der Waals surface area contributed by atoms with Crippen molar-refractivity contribution in [1.29, 1.82) is 0 Å². The third-order valence-electron chi connectivity index (χ3n) is 5.27. The average Bonchev–Trinajstić information content (AvgIpc) is 3.24. The zero-order valence-electron chi connectivity index (χ0n) is 13.3. The van der Waals surface area contributed by atoms with E-state index in [-0.39, 0.29) is 34.6 Å². The number of carbonyl (C=O) groups excluding carboxylic acids is 2. The monoisotopic (exact) mass is 310 g/mol. The number of nitrogens with zero attached hydrogens (tertiary/aromatic N) is 2. The molecule has 2 aliphatic heterocycles. The lowest BCUT2D eigenvalue weighted by Crippen LogP contribution is -2.67. The molecule has 4 nitrogen and oxygen atoms in total. The Bertz CT molecular complexity index is 448. The molecule has 2 saturated heterocycles. The lowest BCUT2D eigenvalue weighted by atomic mass is 9.90. The minimum absolute atomic E-state index is 0.182. The summed E-state index contributed by atoms with van der Waals surface area (Å²) in [7, 11) is 0. The molecule has 0 N–H and O–H groups in total. The van der Waals surface area contributed by atoms with Crippen LogP contribution in [0.4, 0.5) is 0 Å². The van der Waals surface area contributed by atoms with Crippen molar-refractivity contribution in [2.75, 3.05) is 19.3 Å². The highest BCUT2D eigenvalue weighted by Crippen LogP contribution is 2.48. The Morgan fingerprint density at radius 1 is 1.24 bits per heavy atom. The minimum Gasteiger partial charge on any atom is -0.329 e. The first-order chi connectivity index (χ1) is 9.99. The largest absolute Gasteiger partial charge is 0.329 e. The van der Waals surface area contributed by atoms with Crippen molar-refractivity contribution in [3.63, 3.8) is 0 Å². The van der Waals surface area contributed by atoms with Gasteiger partial charge in [0.25, 0.3) is 0 Å². The first-order valence-corrected chi connectivity index (χ1v) is 9.38. The molecule has 0 aromatic rings. The zero-order valence-corrected chi connectivity index (χ0v) is 14.1. The van der Waals surface area contributed by atoms with Gasteiger partial charge in [-0.1, -0.05) is 13.8 Å². The number of thioether (sulfide) groups is 1. The number of fused-ring (bicyclic) bond motifs is 1. The predicted octanol–water partition coefficient (Wildman–Crippen LogP) is 2.13. The Kier molecular flexibility index (Phi) is 3.97. The van der Waals surface area contributed by atoms with E-state index < -0.39 is 0 Å². The molecule has 2 amide bonds. The van der Waals surface area contributed by atoms with Gasteiger partial charge in [-0.2, -0.15) is 11.8 Å². The number of rotatable bonds is 4. The van der Waals surface area contributed by atoms with Crippen LogP contribution in [0.25, 0.3) is 0 Å². The Labute approximate surface area is 131 Å². The number of amides is 2. The van der Waals surface area contributed by atoms with Crippen LogP contribution < -0.4 is 0 Å². The molecular weight excluding hydrogens is 284 g/mol. The molecule has 3 fully saturated rings. The van der Waals surface area contributed by atoms with E-state index in [1.165, 1.54) is 12.8 Å². The Balaban J connectivity index is 1.87. The first-order valence-electron chi connectivity index (χ1n) is 8.15. The van der Waals surface area contributed by atoms with Crippen molar-refractivity contribution in [2.45, 2.75) is 62.8 Å². The van der Waals surface area contributed by atoms with Crippen LogP contribution in [-0.2, 0) is 9.59 Å². The van der Waals surface area contributed by atoms with Crippen LogP contribution in [-0.4, -0.2) is 57.8 Å². The Hall–Kier alpha value is -0.710. The van der Waals surface area contributed by atoms with E-state index in [1.54, 1.807) is 0 Å². The lowest BCUT2D eigenvalue weighted by Gasteiger charge is -2.49. The van der Waals surface area contributed by atoms with Gasteiger partial charge >= 0.3 is 0 Å². The highest BCUT2D eigenvalue weighted by Gasteiger charge is 2.52. The van der Waals surface area contributed by atoms with Crippen LogP contribution >= 0.6 is 11.8 Å². The number of piperidine rings is 1. The molecule has 3 aliphatic rings. The molecule has 1 aliphatic carbocycles. The molecule has 5 heteroatoms. The van der Waals surface area contributed by atoms with E-state index >= 15 is 0 Å². The smallest absolute Gasteiger partial charge is 0.246 e. The van der Waals surface area contributed by atoms with Crippen molar-refractivity contribution in [1.82, 2.24) is 9.80 Å². The summed E-state index contributed by atoms with van der Waals surface area (Å²) in [6.45, 7) is 5.64. The normalized spacial score (nSPS) is 31.6. The summed E-state index contributed by atoms with van der Waals surface area (Å²) < 4.78 is 0.222. The second-order valence-corrected chi connectivity index (χ2v) is 8.36. The van der Waals surface area contributed by atoms with E-state index in [0.717, 1.165) is 32.4 Å². The summed E-state index contributed by atoms with van der Waals surface area (Å²) in [4.78, 5) is 29.6. The molecule has 1 saturated carbocycles. The van der Waals surface area contributed by atoms with Crippen LogP contribution in [0.5, 0.6) is 0 Å². The molecule has 2 atom stereocenters. The van der Waals surface area contributed by atoms with Crippen molar-refractivity contribution in [2.24, 2.45) is 5.92 Å². The standard InChI is InChI=1S/C16H26N2O2S/c1-11(2)13-15(20)17-9-5-4-6-12(17)14(19)18(13)10-16(21-3)7-8-16/h11-13H,4-10H2,1-3H3. The second kappa shape index (κ2) is 5.49. The van der Waals surface area contributed by atoms with Crippen molar-refractivity contribution < 1.29 is 9.59 Å². The SMILES string of the molecule is CSC1(CN2C(=O)C3CCCCN3C(=O)C2C(C)C)CC1. The van der Waals surface area contributed by atoms with Crippen LogP contribution in [0, 0.1) is 5.92 Å². The predicted molar refractivity (Wildman–Crippen MR) is 85.2 cm³/mol. The number of hydrogen-bond acceptors (Lipinski definition) is 3. The summed E-state index contributed by atoms with van der Waals surface area (Å²) >= 11 is 1.86. The topological polar surface area (TPSA) is 40.6 Å². The third-order valence-corrected chi connectivity index (χ3v) is 6.68. The van der Waals surface area contributed by atoms with Crippen LogP contribution in [0.2, 0.25) is 0 Å². The molecule has 0 aromatic heterocycles. The lowest BCUT2D eigenvalue weighted by molar-refractivity contribution is -0.165. The Morgan fingerprint density at radius 2 is 1.95 bits per heavy atom. The highest BCUT2D eigenvalue weighted by atomic mass is 32.2. The molecule has 21 heavy (non-hydrogen) atoms. The van der Waals surface area contributed by atoms with Gasteiger partial charge in [0.2, 0.25) is 11.8 Å². The van der Waals surface area contributed by atoms with E-state index in [1.807, 2.05) is 21.6 Å². The fourth-order valence-corrected chi connectivity index (χ4v) is 4.56. The van der Waals surface area contributed by atoms with Gasteiger partial charge in [-0.3, -0.25) is 9.59 Å². The first kappa shape index (κ1) is 15.2. The van der Waals surface area contributed by atoms with Gasteiger partial charge in [0, 0.05) is 17.8 Å². The maximum absolute atomic E-state index is 13.0. The molecule has 0 aromatic carbocycles. The molecule has 0 bridgehead atoms. The molecule has 0 spiro atoms. The van der Waals surface area contributed by atoms with Gasteiger partial charge in [-0.15, -0.1) is 0 Å². The van der Waals surface area contributed by atoms with Crippen LogP contribution in [0.1, 0.15) is 46.0 Å². The third kappa shape index (κ3) is 2.58. The fourth-order valence-electron chi connectivity index (χ4n) is 3.78. The highest BCUT2D eigenvalue weighted by molar-refractivity contribution is 8.00. The van der Waals surface area contributed by atoms with E-state index in [9.17, 15) is 9.59 Å². The number of piperazine rings is 1. The average molecular weight is 310 g/mol. The summed E-state index contributed by atoms with van der Waals surface area (Å²) in [6, 6.07) is -0.435.